The minimum absolute atomic E-state index is 0.792. The first kappa shape index (κ1) is 16.9. The fraction of sp³-hybridized carbons (Fsp3) is 0.182. The second-order valence-corrected chi connectivity index (χ2v) is 5.90. The van der Waals surface area contributed by atoms with Gasteiger partial charge in [0.1, 0.15) is 11.5 Å². The lowest BCUT2D eigenvalue weighted by molar-refractivity contribution is 0.394. The Morgan fingerprint density at radius 2 is 1.08 bits per heavy atom. The van der Waals surface area contributed by atoms with Crippen LogP contribution in [0, 0.1) is 0 Å². The Bertz CT molecular complexity index is 724. The second kappa shape index (κ2) is 8.25. The molecule has 3 nitrogen and oxygen atoms in total. The van der Waals surface area contributed by atoms with Gasteiger partial charge >= 0.3 is 0 Å². The molecule has 0 aliphatic carbocycles. The van der Waals surface area contributed by atoms with E-state index in [1.165, 1.54) is 11.1 Å². The van der Waals surface area contributed by atoms with E-state index in [1.54, 1.807) is 14.2 Å². The molecule has 0 aromatic heterocycles. The van der Waals surface area contributed by atoms with Gasteiger partial charge in [0.2, 0.25) is 0 Å². The Balaban J connectivity index is 1.95. The van der Waals surface area contributed by atoms with Gasteiger partial charge in [-0.1, -0.05) is 60.7 Å². The maximum atomic E-state index is 5.44. The van der Waals surface area contributed by atoms with E-state index in [2.05, 4.69) is 65.6 Å². The first-order chi connectivity index (χ1) is 12.3. The van der Waals surface area contributed by atoms with Crippen molar-refractivity contribution in [2.75, 3.05) is 19.1 Å². The lowest BCUT2D eigenvalue weighted by Crippen LogP contribution is -2.22. The largest absolute Gasteiger partial charge is 0.497 e. The van der Waals surface area contributed by atoms with Crippen LogP contribution in [0.25, 0.3) is 0 Å². The van der Waals surface area contributed by atoms with Crippen LogP contribution in [-0.2, 0) is 13.1 Å². The highest BCUT2D eigenvalue weighted by Crippen LogP contribution is 2.30. The summed E-state index contributed by atoms with van der Waals surface area (Å²) in [4.78, 5) is 2.33. The zero-order valence-corrected chi connectivity index (χ0v) is 14.7. The predicted molar refractivity (Wildman–Crippen MR) is 102 cm³/mol. The van der Waals surface area contributed by atoms with Crippen LogP contribution in [0.3, 0.4) is 0 Å². The summed E-state index contributed by atoms with van der Waals surface area (Å²) in [5.74, 6) is 1.58. The Labute approximate surface area is 149 Å². The Morgan fingerprint density at radius 1 is 0.640 bits per heavy atom. The summed E-state index contributed by atoms with van der Waals surface area (Å²) in [6.07, 6.45) is 0. The summed E-state index contributed by atoms with van der Waals surface area (Å²) in [6.45, 7) is 1.62. The van der Waals surface area contributed by atoms with E-state index in [1.807, 2.05) is 18.2 Å². The molecule has 3 rings (SSSR count). The van der Waals surface area contributed by atoms with E-state index in [-0.39, 0.29) is 0 Å². The van der Waals surface area contributed by atoms with Gasteiger partial charge in [-0.2, -0.15) is 0 Å². The standard InChI is InChI=1S/C22H23NO2/c1-24-21-13-20(14-22(15-21)25-2)23(16-18-9-5-3-6-10-18)17-19-11-7-4-8-12-19/h3-15H,16-17H2,1-2H3. The maximum Gasteiger partial charge on any atom is 0.124 e. The summed E-state index contributed by atoms with van der Waals surface area (Å²) in [5, 5.41) is 0. The lowest BCUT2D eigenvalue weighted by Gasteiger charge is -2.26. The van der Waals surface area contributed by atoms with Crippen molar-refractivity contribution < 1.29 is 9.47 Å². The number of hydrogen-bond donors (Lipinski definition) is 0. The number of hydrogen-bond acceptors (Lipinski definition) is 3. The molecular weight excluding hydrogens is 310 g/mol. The summed E-state index contributed by atoms with van der Waals surface area (Å²) < 4.78 is 10.9. The molecule has 0 atom stereocenters. The molecule has 0 aliphatic heterocycles. The molecule has 0 amide bonds. The molecule has 0 heterocycles. The van der Waals surface area contributed by atoms with Gasteiger partial charge in [0, 0.05) is 37.0 Å². The molecule has 3 aromatic carbocycles. The number of methoxy groups -OCH3 is 2. The average Bonchev–Trinajstić information content (AvgIpc) is 2.68. The number of anilines is 1. The highest BCUT2D eigenvalue weighted by atomic mass is 16.5. The number of rotatable bonds is 7. The zero-order chi connectivity index (χ0) is 17.5. The fourth-order valence-corrected chi connectivity index (χ4v) is 2.82. The van der Waals surface area contributed by atoms with Crippen molar-refractivity contribution in [1.82, 2.24) is 0 Å². The van der Waals surface area contributed by atoms with Crippen molar-refractivity contribution in [2.45, 2.75) is 13.1 Å². The topological polar surface area (TPSA) is 21.7 Å². The van der Waals surface area contributed by atoms with Gasteiger partial charge in [-0.25, -0.2) is 0 Å². The number of benzene rings is 3. The molecule has 0 saturated heterocycles. The van der Waals surface area contributed by atoms with Gasteiger partial charge in [0.25, 0.3) is 0 Å². The molecule has 25 heavy (non-hydrogen) atoms. The molecule has 0 unspecified atom stereocenters. The summed E-state index contributed by atoms with van der Waals surface area (Å²) in [6, 6.07) is 27.0. The first-order valence-electron chi connectivity index (χ1n) is 8.34. The van der Waals surface area contributed by atoms with E-state index < -0.39 is 0 Å². The average molecular weight is 333 g/mol. The van der Waals surface area contributed by atoms with Crippen LogP contribution >= 0.6 is 0 Å². The quantitative estimate of drug-likeness (QED) is 0.613. The van der Waals surface area contributed by atoms with Crippen molar-refractivity contribution in [2.24, 2.45) is 0 Å². The Kier molecular flexibility index (Phi) is 5.57. The van der Waals surface area contributed by atoms with Gasteiger partial charge in [0.05, 0.1) is 14.2 Å². The highest BCUT2D eigenvalue weighted by molar-refractivity contribution is 5.56. The molecule has 3 aromatic rings. The highest BCUT2D eigenvalue weighted by Gasteiger charge is 2.12. The van der Waals surface area contributed by atoms with Gasteiger partial charge in [0.15, 0.2) is 0 Å². The Morgan fingerprint density at radius 3 is 1.48 bits per heavy atom. The second-order valence-electron chi connectivity index (χ2n) is 5.90. The summed E-state index contributed by atoms with van der Waals surface area (Å²) >= 11 is 0. The van der Waals surface area contributed by atoms with Crippen molar-refractivity contribution in [3.63, 3.8) is 0 Å². The van der Waals surface area contributed by atoms with Crippen molar-refractivity contribution in [1.29, 1.82) is 0 Å². The van der Waals surface area contributed by atoms with Crippen LogP contribution in [0.15, 0.2) is 78.9 Å². The Hall–Kier alpha value is -2.94. The number of ether oxygens (including phenoxy) is 2. The molecule has 0 N–H and O–H groups in total. The molecular formula is C22H23NO2. The summed E-state index contributed by atoms with van der Waals surface area (Å²) in [5.41, 5.74) is 3.60. The van der Waals surface area contributed by atoms with Gasteiger partial charge < -0.3 is 14.4 Å². The lowest BCUT2D eigenvalue weighted by atomic mass is 10.1. The van der Waals surface area contributed by atoms with Gasteiger partial charge in [-0.3, -0.25) is 0 Å². The van der Waals surface area contributed by atoms with Gasteiger partial charge in [-0.05, 0) is 11.1 Å². The third-order valence-corrected chi connectivity index (χ3v) is 4.13. The van der Waals surface area contributed by atoms with Crippen LogP contribution in [0.5, 0.6) is 11.5 Å². The van der Waals surface area contributed by atoms with Crippen molar-refractivity contribution in [3.8, 4) is 11.5 Å². The van der Waals surface area contributed by atoms with E-state index in [9.17, 15) is 0 Å². The van der Waals surface area contributed by atoms with Crippen LogP contribution in [0.1, 0.15) is 11.1 Å². The van der Waals surface area contributed by atoms with Crippen LogP contribution in [0.4, 0.5) is 5.69 Å². The third kappa shape index (κ3) is 4.54. The molecule has 0 bridgehead atoms. The van der Waals surface area contributed by atoms with E-state index in [0.29, 0.717) is 0 Å². The first-order valence-corrected chi connectivity index (χ1v) is 8.34. The normalized spacial score (nSPS) is 10.3. The molecule has 3 heteroatoms. The smallest absolute Gasteiger partial charge is 0.124 e. The maximum absolute atomic E-state index is 5.44. The zero-order valence-electron chi connectivity index (χ0n) is 14.7. The molecule has 0 aliphatic rings. The monoisotopic (exact) mass is 333 g/mol. The fourth-order valence-electron chi connectivity index (χ4n) is 2.82. The molecule has 128 valence electrons. The van der Waals surface area contributed by atoms with Crippen molar-refractivity contribution >= 4 is 5.69 Å². The van der Waals surface area contributed by atoms with Crippen LogP contribution in [-0.4, -0.2) is 14.2 Å². The van der Waals surface area contributed by atoms with E-state index >= 15 is 0 Å². The number of nitrogens with zero attached hydrogens (tertiary/aromatic N) is 1. The van der Waals surface area contributed by atoms with Crippen LogP contribution in [0.2, 0.25) is 0 Å². The molecule has 0 fully saturated rings. The minimum atomic E-state index is 0.792. The van der Waals surface area contributed by atoms with Crippen molar-refractivity contribution in [3.05, 3.63) is 90.0 Å². The van der Waals surface area contributed by atoms with E-state index in [4.69, 9.17) is 9.47 Å². The van der Waals surface area contributed by atoms with Gasteiger partial charge in [-0.15, -0.1) is 0 Å². The summed E-state index contributed by atoms with van der Waals surface area (Å²) in [7, 11) is 3.36. The predicted octanol–water partition coefficient (Wildman–Crippen LogP) is 4.91. The molecule has 0 spiro atoms. The van der Waals surface area contributed by atoms with E-state index in [0.717, 1.165) is 30.3 Å². The van der Waals surface area contributed by atoms with Crippen LogP contribution < -0.4 is 14.4 Å². The molecule has 0 radical (unpaired) electrons. The molecule has 0 saturated carbocycles. The third-order valence-electron chi connectivity index (χ3n) is 4.13. The SMILES string of the molecule is COc1cc(OC)cc(N(Cc2ccccc2)Cc2ccccc2)c1. The minimum Gasteiger partial charge on any atom is -0.497 e.